The second-order valence-corrected chi connectivity index (χ2v) is 5.80. The minimum Gasteiger partial charge on any atom is -0.295 e. The van der Waals surface area contributed by atoms with Crippen LogP contribution in [0.15, 0.2) is 30.3 Å². The van der Waals surface area contributed by atoms with Gasteiger partial charge >= 0.3 is 6.18 Å². The van der Waals surface area contributed by atoms with E-state index in [4.69, 9.17) is 12.2 Å². The lowest BCUT2D eigenvalue weighted by atomic mass is 10.1. The first-order chi connectivity index (χ1) is 10.8. The van der Waals surface area contributed by atoms with E-state index in [1.807, 2.05) is 30.3 Å². The minimum atomic E-state index is -4.47. The van der Waals surface area contributed by atoms with Gasteiger partial charge in [0, 0.05) is 23.4 Å². The van der Waals surface area contributed by atoms with Crippen LogP contribution in [0.1, 0.15) is 28.1 Å². The third kappa shape index (κ3) is 2.76. The summed E-state index contributed by atoms with van der Waals surface area (Å²) in [5.74, 6) is 0. The van der Waals surface area contributed by atoms with Crippen LogP contribution in [0, 0.1) is 18.5 Å². The normalized spacial score (nSPS) is 12.0. The average molecular weight is 337 g/mol. The van der Waals surface area contributed by atoms with E-state index in [-0.39, 0.29) is 11.3 Å². The van der Waals surface area contributed by atoms with E-state index in [2.05, 4.69) is 10.1 Å². The highest BCUT2D eigenvalue weighted by atomic mass is 32.1. The van der Waals surface area contributed by atoms with E-state index >= 15 is 0 Å². The van der Waals surface area contributed by atoms with Crippen molar-refractivity contribution in [2.75, 3.05) is 0 Å². The molecule has 3 aromatic rings. The maximum absolute atomic E-state index is 13.2. The molecular weight excluding hydrogens is 323 g/mol. The van der Waals surface area contributed by atoms with Crippen molar-refractivity contribution in [1.82, 2.24) is 14.6 Å². The summed E-state index contributed by atoms with van der Waals surface area (Å²) in [6.07, 6.45) is -3.95. The fourth-order valence-electron chi connectivity index (χ4n) is 2.67. The van der Waals surface area contributed by atoms with Crippen LogP contribution >= 0.6 is 12.2 Å². The number of aryl methyl sites for hydroxylation is 2. The zero-order valence-corrected chi connectivity index (χ0v) is 13.3. The Morgan fingerprint density at radius 1 is 1.17 bits per heavy atom. The van der Waals surface area contributed by atoms with Crippen molar-refractivity contribution in [2.24, 2.45) is 0 Å². The summed E-state index contributed by atoms with van der Waals surface area (Å²) < 4.78 is 41.2. The molecule has 0 saturated carbocycles. The molecule has 0 fully saturated rings. The van der Waals surface area contributed by atoms with E-state index in [1.165, 1.54) is 11.4 Å². The summed E-state index contributed by atoms with van der Waals surface area (Å²) in [6, 6.07) is 9.63. The lowest BCUT2D eigenvalue weighted by Crippen LogP contribution is -2.09. The van der Waals surface area contributed by atoms with Gasteiger partial charge in [-0.15, -0.1) is 0 Å². The van der Waals surface area contributed by atoms with E-state index in [1.54, 1.807) is 6.92 Å². The predicted molar refractivity (Wildman–Crippen MR) is 84.1 cm³/mol. The molecule has 3 nitrogen and oxygen atoms in total. The van der Waals surface area contributed by atoms with Crippen molar-refractivity contribution < 1.29 is 13.2 Å². The molecule has 2 aromatic heterocycles. The molecule has 1 N–H and O–H groups in total. The Balaban J connectivity index is 2.22. The number of aromatic amines is 1. The maximum atomic E-state index is 13.2. The summed E-state index contributed by atoms with van der Waals surface area (Å²) in [5, 5.41) is 2.69. The lowest BCUT2D eigenvalue weighted by Gasteiger charge is -2.09. The van der Waals surface area contributed by atoms with Crippen molar-refractivity contribution in [1.29, 1.82) is 0 Å². The molecule has 0 amide bonds. The van der Waals surface area contributed by atoms with Gasteiger partial charge in [-0.1, -0.05) is 42.5 Å². The molecule has 0 unspecified atom stereocenters. The van der Waals surface area contributed by atoms with Crippen LogP contribution in [0.4, 0.5) is 13.2 Å². The Kier molecular flexibility index (Phi) is 3.75. The van der Waals surface area contributed by atoms with Crippen LogP contribution in [-0.4, -0.2) is 14.6 Å². The molecule has 0 atom stereocenters. The second kappa shape index (κ2) is 5.49. The van der Waals surface area contributed by atoms with Crippen molar-refractivity contribution in [3.8, 4) is 0 Å². The number of nitrogens with zero attached hydrogens (tertiary/aromatic N) is 2. The number of benzene rings is 1. The van der Waals surface area contributed by atoms with Crippen molar-refractivity contribution in [2.45, 2.75) is 26.4 Å². The Morgan fingerprint density at radius 2 is 1.83 bits per heavy atom. The topological polar surface area (TPSA) is 33.1 Å². The molecule has 0 aliphatic heterocycles. The van der Waals surface area contributed by atoms with Gasteiger partial charge in [-0.2, -0.15) is 13.2 Å². The third-order valence-electron chi connectivity index (χ3n) is 3.77. The lowest BCUT2D eigenvalue weighted by molar-refractivity contribution is -0.136. The van der Waals surface area contributed by atoms with E-state index in [9.17, 15) is 13.2 Å². The first-order valence-corrected chi connectivity index (χ1v) is 7.42. The molecule has 7 heteroatoms. The van der Waals surface area contributed by atoms with Gasteiger partial charge in [-0.25, -0.2) is 9.50 Å². The Labute approximate surface area is 135 Å². The number of rotatable bonds is 2. The Hall–Kier alpha value is -2.15. The number of fused-ring (bicyclic) bond motifs is 1. The van der Waals surface area contributed by atoms with Gasteiger partial charge in [0.25, 0.3) is 0 Å². The SMILES string of the molecule is Cc1nc2c(C(F)(F)F)c(C)[nH]n2c(=S)c1Cc1ccccc1. The highest BCUT2D eigenvalue weighted by Gasteiger charge is 2.37. The third-order valence-corrected chi connectivity index (χ3v) is 4.20. The van der Waals surface area contributed by atoms with Crippen molar-refractivity contribution in [3.63, 3.8) is 0 Å². The number of aromatic nitrogens is 3. The summed E-state index contributed by atoms with van der Waals surface area (Å²) in [5.41, 5.74) is 1.37. The number of alkyl halides is 3. The Bertz CT molecular complexity index is 924. The first kappa shape index (κ1) is 15.7. The monoisotopic (exact) mass is 337 g/mol. The number of hydrogen-bond donors (Lipinski definition) is 1. The number of nitrogens with one attached hydrogen (secondary N) is 1. The molecule has 0 radical (unpaired) electrons. The quantitative estimate of drug-likeness (QED) is 0.692. The van der Waals surface area contributed by atoms with Crippen molar-refractivity contribution in [3.05, 3.63) is 63.1 Å². The van der Waals surface area contributed by atoms with Crippen LogP contribution in [0.2, 0.25) is 0 Å². The van der Waals surface area contributed by atoms with Gasteiger partial charge in [0.2, 0.25) is 0 Å². The molecule has 0 aliphatic carbocycles. The summed E-state index contributed by atoms with van der Waals surface area (Å²) in [4.78, 5) is 4.16. The fraction of sp³-hybridized carbons (Fsp3) is 0.250. The Morgan fingerprint density at radius 3 is 2.43 bits per heavy atom. The predicted octanol–water partition coefficient (Wildman–Crippen LogP) is 4.62. The molecule has 3 rings (SSSR count). The highest BCUT2D eigenvalue weighted by Crippen LogP contribution is 2.34. The average Bonchev–Trinajstić information content (AvgIpc) is 2.81. The van der Waals surface area contributed by atoms with Gasteiger partial charge in [-0.3, -0.25) is 5.10 Å². The van der Waals surface area contributed by atoms with Crippen LogP contribution in [0.25, 0.3) is 5.65 Å². The van der Waals surface area contributed by atoms with Gasteiger partial charge in [0.15, 0.2) is 5.65 Å². The standard InChI is InChI=1S/C16H14F3N3S/c1-9-12(8-11-6-4-3-5-7-11)15(23)22-14(20-9)13(10(2)21-22)16(17,18)19/h3-7,21H,8H2,1-2H3. The first-order valence-electron chi connectivity index (χ1n) is 7.01. The zero-order valence-electron chi connectivity index (χ0n) is 12.5. The van der Waals surface area contributed by atoms with Crippen LogP contribution < -0.4 is 0 Å². The molecule has 0 bridgehead atoms. The molecular formula is C16H14F3N3S. The molecule has 2 heterocycles. The second-order valence-electron chi connectivity index (χ2n) is 5.41. The number of hydrogen-bond acceptors (Lipinski definition) is 2. The van der Waals surface area contributed by atoms with Crippen LogP contribution in [0.3, 0.4) is 0 Å². The summed E-state index contributed by atoms with van der Waals surface area (Å²) in [7, 11) is 0. The molecule has 0 spiro atoms. The van der Waals surface area contributed by atoms with Gasteiger partial charge in [0.1, 0.15) is 10.2 Å². The molecule has 0 saturated heterocycles. The van der Waals surface area contributed by atoms with E-state index in [0.29, 0.717) is 16.8 Å². The summed E-state index contributed by atoms with van der Waals surface area (Å²) >= 11 is 5.40. The van der Waals surface area contributed by atoms with Crippen LogP contribution in [0.5, 0.6) is 0 Å². The number of H-pyrrole nitrogens is 1. The molecule has 1 aromatic carbocycles. The fourth-order valence-corrected chi connectivity index (χ4v) is 3.02. The van der Waals surface area contributed by atoms with Gasteiger partial charge in [-0.05, 0) is 19.4 Å². The molecule has 23 heavy (non-hydrogen) atoms. The number of halogens is 3. The van der Waals surface area contributed by atoms with Crippen LogP contribution in [-0.2, 0) is 12.6 Å². The molecule has 120 valence electrons. The maximum Gasteiger partial charge on any atom is 0.421 e. The smallest absolute Gasteiger partial charge is 0.295 e. The minimum absolute atomic E-state index is 0.00682. The van der Waals surface area contributed by atoms with Gasteiger partial charge < -0.3 is 0 Å². The molecule has 0 aliphatic rings. The zero-order chi connectivity index (χ0) is 16.8. The highest BCUT2D eigenvalue weighted by molar-refractivity contribution is 7.71. The van der Waals surface area contributed by atoms with Gasteiger partial charge in [0.05, 0.1) is 0 Å². The van der Waals surface area contributed by atoms with Crippen molar-refractivity contribution >= 4 is 17.9 Å². The van der Waals surface area contributed by atoms with E-state index in [0.717, 1.165) is 11.1 Å². The summed E-state index contributed by atoms with van der Waals surface area (Å²) in [6.45, 7) is 3.06. The van der Waals surface area contributed by atoms with E-state index < -0.39 is 11.7 Å². The largest absolute Gasteiger partial charge is 0.421 e.